The van der Waals surface area contributed by atoms with Gasteiger partial charge in [-0.05, 0) is 68.4 Å². The third-order valence-electron chi connectivity index (χ3n) is 4.97. The fraction of sp³-hybridized carbons (Fsp3) is 0.400. The molecule has 0 atom stereocenters. The van der Waals surface area contributed by atoms with Crippen LogP contribution in [0.3, 0.4) is 0 Å². The number of nitrogens with one attached hydrogen (secondary N) is 1. The van der Waals surface area contributed by atoms with Gasteiger partial charge in [-0.2, -0.15) is 0 Å². The van der Waals surface area contributed by atoms with Crippen LogP contribution >= 0.6 is 11.8 Å². The molecule has 0 radical (unpaired) electrons. The molecule has 0 aliphatic heterocycles. The van der Waals surface area contributed by atoms with E-state index in [1.807, 2.05) is 18.3 Å². The van der Waals surface area contributed by atoms with Gasteiger partial charge in [0.05, 0.1) is 17.8 Å². The van der Waals surface area contributed by atoms with E-state index in [9.17, 15) is 0 Å². The normalized spacial score (nSPS) is 14.2. The fourth-order valence-corrected chi connectivity index (χ4v) is 3.73. The molecule has 4 nitrogen and oxygen atoms in total. The lowest BCUT2D eigenvalue weighted by molar-refractivity contribution is 0.302. The molecule has 0 amide bonds. The number of rotatable bonds is 6. The molecule has 1 aliphatic rings. The van der Waals surface area contributed by atoms with Crippen LogP contribution in [0.15, 0.2) is 29.6 Å². The number of thioether (sulfide) groups is 1. The number of pyridine rings is 1. The lowest BCUT2D eigenvalue weighted by Crippen LogP contribution is -1.99. The molecule has 0 unspecified atom stereocenters. The summed E-state index contributed by atoms with van der Waals surface area (Å²) in [5, 5.41) is 0.914. The Morgan fingerprint density at radius 3 is 2.84 bits per heavy atom. The topological polar surface area (TPSA) is 50.8 Å². The van der Waals surface area contributed by atoms with Crippen molar-refractivity contribution in [2.24, 2.45) is 5.92 Å². The number of fused-ring (bicyclic) bond motifs is 1. The summed E-state index contributed by atoms with van der Waals surface area (Å²) in [4.78, 5) is 12.7. The minimum atomic E-state index is 0.738. The first-order valence-electron chi connectivity index (χ1n) is 8.78. The number of para-hydroxylation sites is 1. The van der Waals surface area contributed by atoms with Gasteiger partial charge in [0.25, 0.3) is 0 Å². The predicted octanol–water partition coefficient (Wildman–Crippen LogP) is 4.96. The minimum absolute atomic E-state index is 0.738. The highest BCUT2D eigenvalue weighted by Crippen LogP contribution is 2.32. The lowest BCUT2D eigenvalue weighted by atomic mass is 10.1. The molecule has 5 heteroatoms. The minimum Gasteiger partial charge on any atom is -0.491 e. The Balaban J connectivity index is 1.52. The van der Waals surface area contributed by atoms with Crippen LogP contribution in [0.4, 0.5) is 0 Å². The Labute approximate surface area is 152 Å². The average molecular weight is 353 g/mol. The molecule has 1 aliphatic carbocycles. The molecule has 0 spiro atoms. The molecule has 3 aromatic rings. The Morgan fingerprint density at radius 1 is 1.20 bits per heavy atom. The fourth-order valence-electron chi connectivity index (χ4n) is 2.82. The molecule has 4 rings (SSSR count). The zero-order valence-electron chi connectivity index (χ0n) is 14.9. The van der Waals surface area contributed by atoms with E-state index < -0.39 is 0 Å². The predicted molar refractivity (Wildman–Crippen MR) is 102 cm³/mol. The van der Waals surface area contributed by atoms with Gasteiger partial charge in [0, 0.05) is 11.9 Å². The summed E-state index contributed by atoms with van der Waals surface area (Å²) in [6.07, 6.45) is 4.54. The second-order valence-corrected chi connectivity index (χ2v) is 7.84. The highest BCUT2D eigenvalue weighted by molar-refractivity contribution is 7.98. The van der Waals surface area contributed by atoms with Gasteiger partial charge in [-0.25, -0.2) is 4.98 Å². The second kappa shape index (κ2) is 6.71. The van der Waals surface area contributed by atoms with E-state index in [0.29, 0.717) is 0 Å². The summed E-state index contributed by atoms with van der Waals surface area (Å²) in [7, 11) is 0. The smallest absolute Gasteiger partial charge is 0.166 e. The molecule has 1 saturated carbocycles. The van der Waals surface area contributed by atoms with Crippen LogP contribution in [0, 0.1) is 26.7 Å². The number of aromatic nitrogens is 3. The first-order chi connectivity index (χ1) is 12.1. The van der Waals surface area contributed by atoms with Crippen molar-refractivity contribution in [3.8, 4) is 5.75 Å². The quantitative estimate of drug-likeness (QED) is 0.636. The van der Waals surface area contributed by atoms with Crippen LogP contribution in [0.2, 0.25) is 0 Å². The summed E-state index contributed by atoms with van der Waals surface area (Å²) in [5.74, 6) is 2.43. The Morgan fingerprint density at radius 2 is 2.04 bits per heavy atom. The molecular weight excluding hydrogens is 330 g/mol. The van der Waals surface area contributed by atoms with Crippen molar-refractivity contribution in [3.05, 3.63) is 46.8 Å². The monoisotopic (exact) mass is 353 g/mol. The van der Waals surface area contributed by atoms with Gasteiger partial charge < -0.3 is 9.72 Å². The zero-order valence-corrected chi connectivity index (χ0v) is 15.7. The van der Waals surface area contributed by atoms with Crippen LogP contribution in [-0.2, 0) is 5.75 Å². The van der Waals surface area contributed by atoms with Crippen LogP contribution in [0.1, 0.15) is 35.2 Å². The molecule has 130 valence electrons. The van der Waals surface area contributed by atoms with E-state index in [-0.39, 0.29) is 0 Å². The van der Waals surface area contributed by atoms with Crippen molar-refractivity contribution in [1.82, 2.24) is 15.0 Å². The largest absolute Gasteiger partial charge is 0.491 e. The van der Waals surface area contributed by atoms with Crippen molar-refractivity contribution < 1.29 is 4.74 Å². The maximum atomic E-state index is 5.96. The molecular formula is C20H23N3OS. The van der Waals surface area contributed by atoms with Crippen molar-refractivity contribution in [2.75, 3.05) is 6.61 Å². The second-order valence-electron chi connectivity index (χ2n) is 6.88. The Hall–Kier alpha value is -2.01. The number of aromatic amines is 1. The average Bonchev–Trinajstić information content (AvgIpc) is 3.34. The van der Waals surface area contributed by atoms with Crippen LogP contribution in [0.5, 0.6) is 5.75 Å². The summed E-state index contributed by atoms with van der Waals surface area (Å²) < 4.78 is 5.96. The van der Waals surface area contributed by atoms with Gasteiger partial charge in [-0.15, -0.1) is 0 Å². The number of hydrogen-bond acceptors (Lipinski definition) is 4. The Kier molecular flexibility index (Phi) is 4.42. The Bertz CT molecular complexity index is 915. The number of ether oxygens (including phenoxy) is 1. The number of benzene rings is 1. The van der Waals surface area contributed by atoms with Gasteiger partial charge in [0.2, 0.25) is 0 Å². The molecule has 2 aromatic heterocycles. The lowest BCUT2D eigenvalue weighted by Gasteiger charge is -2.09. The number of imidazole rings is 1. The van der Waals surface area contributed by atoms with Crippen molar-refractivity contribution in [2.45, 2.75) is 44.5 Å². The zero-order chi connectivity index (χ0) is 17.4. The van der Waals surface area contributed by atoms with E-state index in [4.69, 9.17) is 9.72 Å². The highest BCUT2D eigenvalue weighted by atomic mass is 32.2. The number of hydrogen-bond donors (Lipinski definition) is 1. The van der Waals surface area contributed by atoms with E-state index in [2.05, 4.69) is 36.8 Å². The summed E-state index contributed by atoms with van der Waals surface area (Å²) in [5.41, 5.74) is 6.92. The third-order valence-corrected chi connectivity index (χ3v) is 5.86. The van der Waals surface area contributed by atoms with Gasteiger partial charge in [0.15, 0.2) is 5.16 Å². The molecule has 2 heterocycles. The van der Waals surface area contributed by atoms with Crippen molar-refractivity contribution in [1.29, 1.82) is 0 Å². The number of nitrogens with zero attached hydrogens (tertiary/aromatic N) is 2. The summed E-state index contributed by atoms with van der Waals surface area (Å²) in [6.45, 7) is 7.22. The van der Waals surface area contributed by atoms with Crippen molar-refractivity contribution in [3.63, 3.8) is 0 Å². The molecule has 1 aromatic carbocycles. The molecule has 1 N–H and O–H groups in total. The molecule has 25 heavy (non-hydrogen) atoms. The highest BCUT2D eigenvalue weighted by Gasteiger charge is 2.22. The molecule has 0 saturated heterocycles. The summed E-state index contributed by atoms with van der Waals surface area (Å²) >= 11 is 1.69. The van der Waals surface area contributed by atoms with Crippen LogP contribution < -0.4 is 4.74 Å². The number of H-pyrrole nitrogens is 1. The third kappa shape index (κ3) is 3.52. The SMILES string of the molecule is Cc1cnc(CSc2nc3c(OCC4CC4)cccc3[nH]2)c(C)c1C. The maximum absolute atomic E-state index is 5.96. The van der Waals surface area contributed by atoms with Gasteiger partial charge >= 0.3 is 0 Å². The first kappa shape index (κ1) is 16.5. The van der Waals surface area contributed by atoms with Gasteiger partial charge in [-0.3, -0.25) is 4.98 Å². The number of aryl methyl sites for hydroxylation is 1. The summed E-state index contributed by atoms with van der Waals surface area (Å²) in [6, 6.07) is 6.08. The van der Waals surface area contributed by atoms with E-state index in [1.54, 1.807) is 11.8 Å². The van der Waals surface area contributed by atoms with Crippen LogP contribution in [0.25, 0.3) is 11.0 Å². The van der Waals surface area contributed by atoms with Crippen molar-refractivity contribution >= 4 is 22.8 Å². The van der Waals surface area contributed by atoms with Gasteiger partial charge in [0.1, 0.15) is 11.3 Å². The van der Waals surface area contributed by atoms with E-state index >= 15 is 0 Å². The standard InChI is InChI=1S/C20H23N3OS/c1-12-9-21-17(14(3)13(12)2)11-25-20-22-16-5-4-6-18(19(16)23-20)24-10-15-7-8-15/h4-6,9,15H,7-8,10-11H2,1-3H3,(H,22,23). The van der Waals surface area contributed by atoms with Gasteiger partial charge in [-0.1, -0.05) is 17.8 Å². The maximum Gasteiger partial charge on any atom is 0.166 e. The molecule has 1 fully saturated rings. The van der Waals surface area contributed by atoms with Crippen LogP contribution in [-0.4, -0.2) is 21.6 Å². The molecule has 0 bridgehead atoms. The van der Waals surface area contributed by atoms with E-state index in [0.717, 1.165) is 45.9 Å². The van der Waals surface area contributed by atoms with E-state index in [1.165, 1.54) is 29.5 Å². The first-order valence-corrected chi connectivity index (χ1v) is 9.76.